The second-order valence-corrected chi connectivity index (χ2v) is 13.4. The Labute approximate surface area is 287 Å². The van der Waals surface area contributed by atoms with Gasteiger partial charge in [-0.05, 0) is 55.5 Å². The fourth-order valence-corrected chi connectivity index (χ4v) is 3.91. The van der Waals surface area contributed by atoms with Crippen LogP contribution in [0.15, 0.2) is 74.5 Å². The molecule has 0 N–H and O–H groups in total. The predicted octanol–water partition coefficient (Wildman–Crippen LogP) is 5.23. The summed E-state index contributed by atoms with van der Waals surface area (Å²) in [7, 11) is -2.37. The molecule has 0 aliphatic rings. The zero-order valence-corrected chi connectivity index (χ0v) is 30.9. The molecule has 0 saturated heterocycles. The van der Waals surface area contributed by atoms with Gasteiger partial charge in [-0.3, -0.25) is 4.18 Å². The van der Waals surface area contributed by atoms with E-state index in [0.29, 0.717) is 20.1 Å². The van der Waals surface area contributed by atoms with Gasteiger partial charge in [0.05, 0.1) is 23.1 Å². The van der Waals surface area contributed by atoms with Crippen LogP contribution in [0.25, 0.3) is 9.69 Å². The largest absolute Gasteiger partial charge is 1.00 e. The van der Waals surface area contributed by atoms with Crippen LogP contribution in [0.1, 0.15) is 51.3 Å². The van der Waals surface area contributed by atoms with E-state index in [-0.39, 0.29) is 52.6 Å². The zero-order chi connectivity index (χ0) is 32.0. The second kappa shape index (κ2) is 19.6. The quantitative estimate of drug-likeness (QED) is 0.209. The van der Waals surface area contributed by atoms with Crippen LogP contribution in [-0.2, 0) is 26.4 Å². The second-order valence-electron chi connectivity index (χ2n) is 9.89. The molecule has 0 heterocycles. The minimum absolute atomic E-state index is 0. The van der Waals surface area contributed by atoms with Crippen molar-refractivity contribution in [2.45, 2.75) is 64.1 Å². The van der Waals surface area contributed by atoms with Crippen LogP contribution in [0, 0.1) is 31.7 Å². The first-order valence-corrected chi connectivity index (χ1v) is 15.0. The van der Waals surface area contributed by atoms with Crippen LogP contribution < -0.4 is 34.7 Å². The van der Waals surface area contributed by atoms with E-state index in [1.54, 1.807) is 71.0 Å². The molecule has 0 radical (unpaired) electrons. The molecule has 0 spiro atoms. The monoisotopic (exact) mass is 736 g/mol. The predicted molar refractivity (Wildman–Crippen MR) is 163 cm³/mol. The summed E-state index contributed by atoms with van der Waals surface area (Å²) in [5.41, 5.74) is 0.365. The van der Waals surface area contributed by atoms with Crippen molar-refractivity contribution in [1.82, 2.24) is 0 Å². The fraction of sp³-hybridized carbons (Fsp3) is 0.333. The van der Waals surface area contributed by atoms with Crippen molar-refractivity contribution >= 4 is 42.0 Å². The van der Waals surface area contributed by atoms with Crippen molar-refractivity contribution in [2.75, 3.05) is 7.11 Å². The van der Waals surface area contributed by atoms with Crippen LogP contribution >= 0.6 is 31.9 Å². The Morgan fingerprint density at radius 3 is 1.71 bits per heavy atom. The number of rotatable bonds is 4. The molecule has 0 atom stereocenters. The smallest absolute Gasteiger partial charge is 0.850 e. The van der Waals surface area contributed by atoms with Gasteiger partial charge in [0.25, 0.3) is 15.7 Å². The van der Waals surface area contributed by atoms with E-state index >= 15 is 0 Å². The van der Waals surface area contributed by atoms with Gasteiger partial charge in [-0.1, -0.05) is 70.3 Å². The summed E-state index contributed by atoms with van der Waals surface area (Å²) in [6, 6.07) is 16.0. The average Bonchev–Trinajstić information content (AvgIpc) is 2.86. The van der Waals surface area contributed by atoms with Crippen LogP contribution in [0.5, 0.6) is 0 Å². The molecule has 6 nitrogen and oxygen atoms in total. The summed E-state index contributed by atoms with van der Waals surface area (Å²) in [5, 5.41) is 10.1. The van der Waals surface area contributed by atoms with E-state index < -0.39 is 21.3 Å². The summed E-state index contributed by atoms with van der Waals surface area (Å²) in [6.45, 7) is 23.8. The summed E-state index contributed by atoms with van der Waals surface area (Å²) >= 11 is 6.30. The summed E-state index contributed by atoms with van der Waals surface area (Å²) in [6.07, 6.45) is 0. The van der Waals surface area contributed by atoms with Crippen LogP contribution in [0.3, 0.4) is 0 Å². The third-order valence-electron chi connectivity index (χ3n) is 4.66. The van der Waals surface area contributed by atoms with Crippen LogP contribution in [0.4, 0.5) is 8.78 Å². The van der Waals surface area contributed by atoms with Gasteiger partial charge in [0.2, 0.25) is 6.54 Å². The summed E-state index contributed by atoms with van der Waals surface area (Å²) in [5.74, 6) is -0.661. The Balaban J connectivity index is 0. The van der Waals surface area contributed by atoms with E-state index in [2.05, 4.69) is 45.7 Å². The maximum absolute atomic E-state index is 13.4. The van der Waals surface area contributed by atoms with E-state index in [0.717, 1.165) is 12.7 Å². The first kappa shape index (κ1) is 42.5. The number of hydrogen-bond acceptors (Lipinski definition) is 4. The van der Waals surface area contributed by atoms with Gasteiger partial charge in [-0.25, -0.2) is 21.9 Å². The molecule has 0 amide bonds. The van der Waals surface area contributed by atoms with Gasteiger partial charge < -0.3 is 14.8 Å². The summed E-state index contributed by atoms with van der Waals surface area (Å²) in [4.78, 5) is 6.66. The number of hydrogen-bond donors (Lipinski definition) is 0. The molecule has 3 aromatic carbocycles. The molecule has 0 aromatic heterocycles. The molecular formula is C30H33Br2F2N2NaO4S. The number of aryl methyl sites for hydroxylation is 1. The number of nitrogens with zero attached hydrogens (tertiary/aromatic N) is 2. The van der Waals surface area contributed by atoms with Crippen molar-refractivity contribution in [1.29, 1.82) is 0 Å². The maximum atomic E-state index is 13.4. The molecule has 3 aromatic rings. The molecule has 0 fully saturated rings. The van der Waals surface area contributed by atoms with Crippen molar-refractivity contribution in [3.05, 3.63) is 121 Å². The molecule has 0 bridgehead atoms. The van der Waals surface area contributed by atoms with E-state index in [9.17, 15) is 22.3 Å². The van der Waals surface area contributed by atoms with Gasteiger partial charge in [-0.15, -0.1) is 5.60 Å². The Kier molecular flexibility index (Phi) is 19.8. The molecule has 42 heavy (non-hydrogen) atoms. The van der Waals surface area contributed by atoms with Gasteiger partial charge in [0.1, 0.15) is 11.6 Å². The minimum atomic E-state index is -3.51. The van der Waals surface area contributed by atoms with Crippen molar-refractivity contribution in [3.63, 3.8) is 0 Å². The SMILES string of the molecule is CC(C)(C)[O-].COS(=O)(=O)c1ccc(C)cc1.[C-]#[N+]C(C)(C)c1ccc(Br)cc1F.[C-]#[N+]Cc1ccc(Br)cc1F.[Na+]. The van der Waals surface area contributed by atoms with Gasteiger partial charge >= 0.3 is 29.6 Å². The molecule has 0 saturated carbocycles. The molecule has 0 aliphatic heterocycles. The topological polar surface area (TPSA) is 75.2 Å². The third kappa shape index (κ3) is 17.4. The number of benzene rings is 3. The van der Waals surface area contributed by atoms with Gasteiger partial charge in [0.15, 0.2) is 0 Å². The first-order valence-electron chi connectivity index (χ1n) is 12.0. The van der Waals surface area contributed by atoms with E-state index in [1.807, 2.05) is 6.92 Å². The van der Waals surface area contributed by atoms with E-state index in [1.165, 1.54) is 24.3 Å². The van der Waals surface area contributed by atoms with E-state index in [4.69, 9.17) is 13.1 Å². The van der Waals surface area contributed by atoms with Crippen LogP contribution in [0.2, 0.25) is 0 Å². The first-order chi connectivity index (χ1) is 18.8. The fourth-order valence-electron chi connectivity index (χ4n) is 2.58. The van der Waals surface area contributed by atoms with Crippen molar-refractivity contribution in [2.24, 2.45) is 0 Å². The Hall–Kier alpha value is -1.67. The molecule has 12 heteroatoms. The number of halogens is 4. The zero-order valence-electron chi connectivity index (χ0n) is 24.9. The standard InChI is InChI=1S/C10H9BrFN.C8H5BrFN.C8H10O3S.C4H9O.Na/c1-10(2,13-3)8-5-4-7(11)6-9(8)12;1-11-5-6-2-3-7(9)4-8(6)10;1-7-3-5-8(6-4-7)12(9,10)11-2;1-4(2,3)5;/h4-6H,1-2H3;2-4H,5H2;3-6H,1-2H3;1-3H3;/q;;;-1;+1. The minimum Gasteiger partial charge on any atom is -0.850 e. The molecular weight excluding hydrogens is 705 g/mol. The van der Waals surface area contributed by atoms with Crippen molar-refractivity contribution in [3.8, 4) is 0 Å². The normalized spacial score (nSPS) is 10.5. The molecule has 0 unspecified atom stereocenters. The Morgan fingerprint density at radius 2 is 1.33 bits per heavy atom. The van der Waals surface area contributed by atoms with Gasteiger partial charge in [-0.2, -0.15) is 8.42 Å². The summed E-state index contributed by atoms with van der Waals surface area (Å²) < 4.78 is 54.1. The Bertz CT molecular complexity index is 1460. The maximum Gasteiger partial charge on any atom is 1.00 e. The molecule has 222 valence electrons. The third-order valence-corrected chi connectivity index (χ3v) is 6.94. The molecule has 3 rings (SSSR count). The Morgan fingerprint density at radius 1 is 0.881 bits per heavy atom. The van der Waals surface area contributed by atoms with Crippen molar-refractivity contribution < 1.29 is 56.0 Å². The van der Waals surface area contributed by atoms with Gasteiger partial charge in [0, 0.05) is 22.8 Å². The average molecular weight is 738 g/mol. The van der Waals surface area contributed by atoms with Crippen LogP contribution in [-0.4, -0.2) is 21.1 Å². The molecule has 0 aliphatic carbocycles.